The van der Waals surface area contributed by atoms with Crippen molar-refractivity contribution in [2.45, 2.75) is 20.3 Å². The van der Waals surface area contributed by atoms with Gasteiger partial charge in [-0.05, 0) is 43.7 Å². The fourth-order valence-corrected chi connectivity index (χ4v) is 1.42. The zero-order valence-electron chi connectivity index (χ0n) is 8.68. The third kappa shape index (κ3) is 3.84. The van der Waals surface area contributed by atoms with Crippen LogP contribution >= 0.6 is 11.6 Å². The maximum atomic E-state index is 12.9. The number of carbonyl (C=O) groups is 1. The van der Waals surface area contributed by atoms with E-state index in [-0.39, 0.29) is 18.0 Å². The molecule has 80 valence electrons. The van der Waals surface area contributed by atoms with Crippen molar-refractivity contribution in [2.24, 2.45) is 0 Å². The van der Waals surface area contributed by atoms with E-state index in [2.05, 4.69) is 0 Å². The monoisotopic (exact) mass is 226 g/mol. The molecule has 0 N–H and O–H groups in total. The predicted molar refractivity (Wildman–Crippen MR) is 59.6 cm³/mol. The lowest BCUT2D eigenvalue weighted by Gasteiger charge is -2.01. The summed E-state index contributed by atoms with van der Waals surface area (Å²) < 4.78 is 12.9. The Morgan fingerprint density at radius 2 is 2.13 bits per heavy atom. The number of rotatable bonds is 3. The molecule has 1 nitrogen and oxygen atoms in total. The molecular weight excluding hydrogens is 215 g/mol. The Kier molecular flexibility index (Phi) is 4.04. The van der Waals surface area contributed by atoms with Gasteiger partial charge in [-0.3, -0.25) is 4.79 Å². The van der Waals surface area contributed by atoms with Gasteiger partial charge in [-0.25, -0.2) is 4.39 Å². The van der Waals surface area contributed by atoms with Gasteiger partial charge in [0, 0.05) is 11.4 Å². The maximum Gasteiger partial charge on any atom is 0.160 e. The summed E-state index contributed by atoms with van der Waals surface area (Å²) in [5.41, 5.74) is 1.45. The average molecular weight is 227 g/mol. The molecule has 0 fully saturated rings. The second kappa shape index (κ2) is 5.08. The first-order chi connectivity index (χ1) is 6.99. The highest BCUT2D eigenvalue weighted by atomic mass is 35.5. The minimum Gasteiger partial charge on any atom is -0.294 e. The van der Waals surface area contributed by atoms with Crippen LogP contribution in [-0.2, 0) is 11.2 Å². The van der Waals surface area contributed by atoms with E-state index in [9.17, 15) is 9.18 Å². The minimum atomic E-state index is -0.376. The summed E-state index contributed by atoms with van der Waals surface area (Å²) in [4.78, 5) is 11.4. The van der Waals surface area contributed by atoms with Gasteiger partial charge in [-0.1, -0.05) is 17.2 Å². The maximum absolute atomic E-state index is 12.9. The molecule has 0 aliphatic carbocycles. The van der Waals surface area contributed by atoms with Gasteiger partial charge in [0.15, 0.2) is 5.78 Å². The van der Waals surface area contributed by atoms with E-state index in [1.54, 1.807) is 0 Å². The molecule has 15 heavy (non-hydrogen) atoms. The second-order valence-electron chi connectivity index (χ2n) is 3.60. The highest BCUT2D eigenvalue weighted by molar-refractivity contribution is 6.31. The number of ketones is 1. The first-order valence-corrected chi connectivity index (χ1v) is 4.98. The summed E-state index contributed by atoms with van der Waals surface area (Å²) in [5, 5.41) is 0.423. The summed E-state index contributed by atoms with van der Waals surface area (Å²) in [6.07, 6.45) is 1.67. The van der Waals surface area contributed by atoms with Gasteiger partial charge in [-0.15, -0.1) is 0 Å². The average Bonchev–Trinajstić information content (AvgIpc) is 2.10. The van der Waals surface area contributed by atoms with Gasteiger partial charge in [-0.2, -0.15) is 0 Å². The third-order valence-corrected chi connectivity index (χ3v) is 2.19. The fourth-order valence-electron chi connectivity index (χ4n) is 1.24. The zero-order chi connectivity index (χ0) is 11.4. The summed E-state index contributed by atoms with van der Waals surface area (Å²) in [5.74, 6) is -0.443. The van der Waals surface area contributed by atoms with Crippen LogP contribution < -0.4 is 0 Å². The van der Waals surface area contributed by atoms with Crippen LogP contribution in [0.25, 0.3) is 0 Å². The molecular formula is C12H12ClFO. The number of benzene rings is 1. The topological polar surface area (TPSA) is 17.1 Å². The van der Waals surface area contributed by atoms with Crippen molar-refractivity contribution in [2.75, 3.05) is 0 Å². The van der Waals surface area contributed by atoms with Crippen LogP contribution in [0, 0.1) is 5.82 Å². The molecule has 0 spiro atoms. The Balaban J connectivity index is 2.85. The van der Waals surface area contributed by atoms with Gasteiger partial charge in [0.25, 0.3) is 0 Å². The lowest BCUT2D eigenvalue weighted by molar-refractivity contribution is -0.114. The van der Waals surface area contributed by atoms with Crippen LogP contribution in [0.5, 0.6) is 0 Å². The van der Waals surface area contributed by atoms with Gasteiger partial charge >= 0.3 is 0 Å². The van der Waals surface area contributed by atoms with Crippen LogP contribution in [0.15, 0.2) is 29.8 Å². The van der Waals surface area contributed by atoms with Crippen LogP contribution in [0.1, 0.15) is 19.4 Å². The standard InChI is InChI=1S/C12H12ClFO/c1-8(2)5-11(15)7-9-6-10(14)3-4-12(9)13/h3-6H,7H2,1-2H3. The van der Waals surface area contributed by atoms with Crippen molar-refractivity contribution in [1.82, 2.24) is 0 Å². The third-order valence-electron chi connectivity index (χ3n) is 1.82. The molecule has 0 heterocycles. The quantitative estimate of drug-likeness (QED) is 0.721. The van der Waals surface area contributed by atoms with Gasteiger partial charge in [0.05, 0.1) is 0 Å². The van der Waals surface area contributed by atoms with Crippen LogP contribution in [0.2, 0.25) is 5.02 Å². The molecule has 0 saturated carbocycles. The first-order valence-electron chi connectivity index (χ1n) is 4.60. The lowest BCUT2D eigenvalue weighted by Crippen LogP contribution is -2.00. The molecule has 0 atom stereocenters. The second-order valence-corrected chi connectivity index (χ2v) is 4.01. The Morgan fingerprint density at radius 1 is 1.47 bits per heavy atom. The smallest absolute Gasteiger partial charge is 0.160 e. The van der Waals surface area contributed by atoms with E-state index in [0.717, 1.165) is 5.57 Å². The van der Waals surface area contributed by atoms with Crippen molar-refractivity contribution in [3.8, 4) is 0 Å². The SMILES string of the molecule is CC(C)=CC(=O)Cc1cc(F)ccc1Cl. The normalized spacial score (nSPS) is 9.87. The van der Waals surface area contributed by atoms with Crippen molar-refractivity contribution in [3.05, 3.63) is 46.3 Å². The highest BCUT2D eigenvalue weighted by Crippen LogP contribution is 2.18. The molecule has 0 radical (unpaired) electrons. The van der Waals surface area contributed by atoms with Gasteiger partial charge in [0.1, 0.15) is 5.82 Å². The molecule has 0 aliphatic heterocycles. The molecule has 1 aromatic rings. The summed E-state index contributed by atoms with van der Waals surface area (Å²) >= 11 is 5.84. The Morgan fingerprint density at radius 3 is 2.73 bits per heavy atom. The predicted octanol–water partition coefficient (Wildman–Crippen LogP) is 3.56. The molecule has 0 bridgehead atoms. The number of hydrogen-bond acceptors (Lipinski definition) is 1. The van der Waals surface area contributed by atoms with Crippen molar-refractivity contribution in [3.63, 3.8) is 0 Å². The minimum absolute atomic E-state index is 0.0671. The van der Waals surface area contributed by atoms with E-state index in [4.69, 9.17) is 11.6 Å². The zero-order valence-corrected chi connectivity index (χ0v) is 9.44. The first kappa shape index (κ1) is 11.9. The summed E-state index contributed by atoms with van der Waals surface area (Å²) in [7, 11) is 0. The van der Waals surface area contributed by atoms with E-state index < -0.39 is 0 Å². The fraction of sp³-hybridized carbons (Fsp3) is 0.250. The molecule has 1 rings (SSSR count). The van der Waals surface area contributed by atoms with E-state index >= 15 is 0 Å². The molecule has 3 heteroatoms. The lowest BCUT2D eigenvalue weighted by atomic mass is 10.1. The van der Waals surface area contributed by atoms with Crippen LogP contribution in [0.4, 0.5) is 4.39 Å². The Labute approximate surface area is 93.6 Å². The molecule has 0 amide bonds. The number of halogens is 2. The van der Waals surface area contributed by atoms with Crippen LogP contribution in [0.3, 0.4) is 0 Å². The highest BCUT2D eigenvalue weighted by Gasteiger charge is 2.06. The van der Waals surface area contributed by atoms with Crippen molar-refractivity contribution < 1.29 is 9.18 Å². The van der Waals surface area contributed by atoms with Gasteiger partial charge in [0.2, 0.25) is 0 Å². The molecule has 0 saturated heterocycles. The summed E-state index contributed by atoms with van der Waals surface area (Å²) in [6, 6.07) is 4.03. The number of hydrogen-bond donors (Lipinski definition) is 0. The van der Waals surface area contributed by atoms with Crippen LogP contribution in [-0.4, -0.2) is 5.78 Å². The van der Waals surface area contributed by atoms with Gasteiger partial charge < -0.3 is 0 Å². The number of allylic oxidation sites excluding steroid dienone is 2. The largest absolute Gasteiger partial charge is 0.294 e. The molecule has 0 aromatic heterocycles. The van der Waals surface area contributed by atoms with E-state index in [1.807, 2.05) is 13.8 Å². The Hall–Kier alpha value is -1.15. The number of carbonyl (C=O) groups excluding carboxylic acids is 1. The van der Waals surface area contributed by atoms with Crippen molar-refractivity contribution >= 4 is 17.4 Å². The molecule has 0 aliphatic rings. The van der Waals surface area contributed by atoms with E-state index in [0.29, 0.717) is 10.6 Å². The molecule has 0 unspecified atom stereocenters. The van der Waals surface area contributed by atoms with Crippen molar-refractivity contribution in [1.29, 1.82) is 0 Å². The Bertz CT molecular complexity index is 406. The molecule has 1 aromatic carbocycles. The van der Waals surface area contributed by atoms with E-state index in [1.165, 1.54) is 24.3 Å². The summed E-state index contributed by atoms with van der Waals surface area (Å²) in [6.45, 7) is 3.68.